The number of halogens is 1. The van der Waals surface area contributed by atoms with Gasteiger partial charge in [-0.1, -0.05) is 17.7 Å². The van der Waals surface area contributed by atoms with Crippen molar-refractivity contribution in [2.24, 2.45) is 0 Å². The minimum Gasteiger partial charge on any atom is -0.495 e. The van der Waals surface area contributed by atoms with Crippen LogP contribution in [-0.2, 0) is 14.3 Å². The van der Waals surface area contributed by atoms with E-state index in [0.29, 0.717) is 16.5 Å². The van der Waals surface area contributed by atoms with Crippen LogP contribution in [0.2, 0.25) is 5.02 Å². The van der Waals surface area contributed by atoms with Crippen molar-refractivity contribution in [3.05, 3.63) is 53.1 Å². The fourth-order valence-corrected chi connectivity index (χ4v) is 3.22. The Morgan fingerprint density at radius 1 is 1.11 bits per heavy atom. The number of esters is 1. The fourth-order valence-electron chi connectivity index (χ4n) is 2.24. The van der Waals surface area contributed by atoms with Crippen molar-refractivity contribution in [1.82, 2.24) is 0 Å². The van der Waals surface area contributed by atoms with Crippen LogP contribution < -0.4 is 10.1 Å². The number of methoxy groups -OCH3 is 1. The van der Waals surface area contributed by atoms with Crippen LogP contribution >= 0.6 is 23.4 Å². The number of carbonyl (C=O) groups is 2. The van der Waals surface area contributed by atoms with Crippen molar-refractivity contribution in [1.29, 1.82) is 0 Å². The predicted octanol–water partition coefficient (Wildman–Crippen LogP) is 4.71. The maximum atomic E-state index is 12.4. The third-order valence-corrected chi connectivity index (χ3v) is 5.08. The van der Waals surface area contributed by atoms with E-state index in [1.165, 1.54) is 25.8 Å². The van der Waals surface area contributed by atoms with E-state index in [1.807, 2.05) is 25.1 Å². The number of benzene rings is 2. The molecule has 0 aliphatic heterocycles. The van der Waals surface area contributed by atoms with E-state index in [2.05, 4.69) is 5.32 Å². The lowest BCUT2D eigenvalue weighted by molar-refractivity contribution is -0.152. The minimum atomic E-state index is -0.934. The molecule has 0 bridgehead atoms. The van der Waals surface area contributed by atoms with E-state index in [1.54, 1.807) is 31.2 Å². The Labute approximate surface area is 168 Å². The summed E-state index contributed by atoms with van der Waals surface area (Å²) in [7, 11) is 1.53. The summed E-state index contributed by atoms with van der Waals surface area (Å²) in [6.07, 6.45) is -0.934. The van der Waals surface area contributed by atoms with Gasteiger partial charge in [0.1, 0.15) is 11.0 Å². The second kappa shape index (κ2) is 9.67. The quantitative estimate of drug-likeness (QED) is 0.532. The maximum absolute atomic E-state index is 12.4. The maximum Gasteiger partial charge on any atom is 0.319 e. The zero-order valence-corrected chi connectivity index (χ0v) is 17.2. The zero-order valence-electron chi connectivity index (χ0n) is 15.6. The number of rotatable bonds is 7. The van der Waals surface area contributed by atoms with Gasteiger partial charge in [0, 0.05) is 9.92 Å². The largest absolute Gasteiger partial charge is 0.495 e. The molecule has 0 heterocycles. The Bertz CT molecular complexity index is 810. The third kappa shape index (κ3) is 6.19. The number of carbonyl (C=O) groups excluding carboxylic acids is 2. The summed E-state index contributed by atoms with van der Waals surface area (Å²) in [6, 6.07) is 12.6. The standard InChI is InChI=1S/C20H22ClNO4S/c1-12-5-10-18(25-4)17(11-12)22-19(23)13(2)26-20(24)14(3)27-16-8-6-15(21)7-9-16/h5-11,13-14H,1-4H3,(H,22,23)/t13-,14+/m0/s1. The van der Waals surface area contributed by atoms with Crippen molar-refractivity contribution >= 4 is 40.9 Å². The zero-order chi connectivity index (χ0) is 20.0. The molecule has 0 saturated carbocycles. The molecular weight excluding hydrogens is 386 g/mol. The van der Waals surface area contributed by atoms with Gasteiger partial charge in [0.2, 0.25) is 0 Å². The summed E-state index contributed by atoms with van der Waals surface area (Å²) in [5.74, 6) is -0.344. The number of hydrogen-bond donors (Lipinski definition) is 1. The van der Waals surface area contributed by atoms with Crippen LogP contribution in [0.25, 0.3) is 0 Å². The molecule has 0 fully saturated rings. The average molecular weight is 408 g/mol. The second-order valence-electron chi connectivity index (χ2n) is 5.99. The lowest BCUT2D eigenvalue weighted by Crippen LogP contribution is -2.32. The molecule has 0 saturated heterocycles. The summed E-state index contributed by atoms with van der Waals surface area (Å²) in [5, 5.41) is 2.91. The van der Waals surface area contributed by atoms with E-state index >= 15 is 0 Å². The molecule has 27 heavy (non-hydrogen) atoms. The molecule has 1 amide bonds. The van der Waals surface area contributed by atoms with Crippen molar-refractivity contribution in [3.8, 4) is 5.75 Å². The first-order valence-electron chi connectivity index (χ1n) is 8.38. The highest BCUT2D eigenvalue weighted by Crippen LogP contribution is 2.27. The molecule has 2 aromatic rings. The van der Waals surface area contributed by atoms with Gasteiger partial charge in [0.25, 0.3) is 5.91 Å². The summed E-state index contributed by atoms with van der Waals surface area (Å²) in [6.45, 7) is 5.18. The van der Waals surface area contributed by atoms with Crippen molar-refractivity contribution in [2.75, 3.05) is 12.4 Å². The number of anilines is 1. The minimum absolute atomic E-state index is 0.420. The van der Waals surface area contributed by atoms with Gasteiger partial charge in [-0.3, -0.25) is 9.59 Å². The van der Waals surface area contributed by atoms with E-state index in [9.17, 15) is 9.59 Å². The van der Waals surface area contributed by atoms with Gasteiger partial charge in [-0.05, 0) is 62.7 Å². The van der Waals surface area contributed by atoms with Crippen LogP contribution in [-0.4, -0.2) is 30.3 Å². The van der Waals surface area contributed by atoms with Crippen LogP contribution in [0.5, 0.6) is 5.75 Å². The molecule has 0 radical (unpaired) electrons. The van der Waals surface area contributed by atoms with E-state index in [0.717, 1.165) is 10.5 Å². The van der Waals surface area contributed by atoms with Gasteiger partial charge in [0.05, 0.1) is 12.8 Å². The number of aryl methyl sites for hydroxylation is 1. The molecule has 5 nitrogen and oxygen atoms in total. The molecule has 2 rings (SSSR count). The molecule has 0 aliphatic carbocycles. The summed E-state index contributed by atoms with van der Waals surface area (Å²) in [4.78, 5) is 25.6. The first-order valence-corrected chi connectivity index (χ1v) is 9.64. The molecule has 144 valence electrons. The number of thioether (sulfide) groups is 1. The molecule has 2 aromatic carbocycles. The molecular formula is C20H22ClNO4S. The Kier molecular flexibility index (Phi) is 7.56. The van der Waals surface area contributed by atoms with Crippen molar-refractivity contribution < 1.29 is 19.1 Å². The molecule has 7 heteroatoms. The Hall–Kier alpha value is -2.18. The van der Waals surface area contributed by atoms with Crippen LogP contribution in [0.3, 0.4) is 0 Å². The molecule has 0 aliphatic rings. The van der Waals surface area contributed by atoms with E-state index < -0.39 is 23.2 Å². The highest BCUT2D eigenvalue weighted by atomic mass is 35.5. The Balaban J connectivity index is 1.94. The van der Waals surface area contributed by atoms with Crippen LogP contribution in [0, 0.1) is 6.92 Å². The molecule has 2 atom stereocenters. The summed E-state index contributed by atoms with van der Waals surface area (Å²) in [5.41, 5.74) is 1.51. The normalized spacial score (nSPS) is 12.8. The number of hydrogen-bond acceptors (Lipinski definition) is 5. The van der Waals surface area contributed by atoms with Crippen LogP contribution in [0.15, 0.2) is 47.4 Å². The Morgan fingerprint density at radius 3 is 2.41 bits per heavy atom. The first kappa shape index (κ1) is 21.1. The van der Waals surface area contributed by atoms with Gasteiger partial charge in [-0.15, -0.1) is 11.8 Å². The number of ether oxygens (including phenoxy) is 2. The van der Waals surface area contributed by atoms with Gasteiger partial charge in [0.15, 0.2) is 6.10 Å². The smallest absolute Gasteiger partial charge is 0.319 e. The molecule has 0 spiro atoms. The molecule has 0 aromatic heterocycles. The monoisotopic (exact) mass is 407 g/mol. The van der Waals surface area contributed by atoms with Gasteiger partial charge < -0.3 is 14.8 Å². The van der Waals surface area contributed by atoms with Gasteiger partial charge in [-0.25, -0.2) is 0 Å². The highest BCUT2D eigenvalue weighted by Gasteiger charge is 2.23. The number of amides is 1. The Morgan fingerprint density at radius 2 is 1.78 bits per heavy atom. The van der Waals surface area contributed by atoms with E-state index in [4.69, 9.17) is 21.1 Å². The summed E-state index contributed by atoms with van der Waals surface area (Å²) < 4.78 is 10.5. The predicted molar refractivity (Wildman–Crippen MR) is 109 cm³/mol. The third-order valence-electron chi connectivity index (χ3n) is 3.73. The van der Waals surface area contributed by atoms with Crippen molar-refractivity contribution in [3.63, 3.8) is 0 Å². The fraction of sp³-hybridized carbons (Fsp3) is 0.300. The topological polar surface area (TPSA) is 64.6 Å². The average Bonchev–Trinajstić information content (AvgIpc) is 2.63. The number of nitrogens with one attached hydrogen (secondary N) is 1. The molecule has 0 unspecified atom stereocenters. The summed E-state index contributed by atoms with van der Waals surface area (Å²) >= 11 is 7.20. The lowest BCUT2D eigenvalue weighted by Gasteiger charge is -2.17. The van der Waals surface area contributed by atoms with Gasteiger partial charge >= 0.3 is 5.97 Å². The SMILES string of the molecule is COc1ccc(C)cc1NC(=O)[C@H](C)OC(=O)[C@@H](C)Sc1ccc(Cl)cc1. The molecule has 1 N–H and O–H groups in total. The van der Waals surface area contributed by atoms with Crippen molar-refractivity contribution in [2.45, 2.75) is 37.0 Å². The van der Waals surface area contributed by atoms with Gasteiger partial charge in [-0.2, -0.15) is 0 Å². The highest BCUT2D eigenvalue weighted by molar-refractivity contribution is 8.00. The van der Waals surface area contributed by atoms with Crippen LogP contribution in [0.1, 0.15) is 19.4 Å². The lowest BCUT2D eigenvalue weighted by atomic mass is 10.2. The first-order chi connectivity index (χ1) is 12.8. The second-order valence-corrected chi connectivity index (χ2v) is 7.84. The van der Waals surface area contributed by atoms with Crippen LogP contribution in [0.4, 0.5) is 5.69 Å². The van der Waals surface area contributed by atoms with E-state index in [-0.39, 0.29) is 0 Å².